The van der Waals surface area contributed by atoms with Crippen LogP contribution in [0.2, 0.25) is 0 Å². The standard InChI is InChI=1S/C10H19N7O3/c1-16(5-6-20-2)4-3-12-9-8(17(18)19)10(15-11)14-7-13-9/h7H,3-6,11H2,1-2H3,(H2,12,13,14,15). The van der Waals surface area contributed by atoms with Crippen molar-refractivity contribution in [2.24, 2.45) is 5.84 Å². The number of ether oxygens (including phenoxy) is 1. The number of nitrogens with two attached hydrogens (primary N) is 1. The fourth-order valence-corrected chi connectivity index (χ4v) is 1.51. The van der Waals surface area contributed by atoms with Crippen LogP contribution in [0, 0.1) is 10.1 Å². The Labute approximate surface area is 116 Å². The number of aromatic nitrogens is 2. The van der Waals surface area contributed by atoms with Crippen LogP contribution in [0.25, 0.3) is 0 Å². The second-order valence-corrected chi connectivity index (χ2v) is 4.04. The van der Waals surface area contributed by atoms with Gasteiger partial charge in [0.1, 0.15) is 6.33 Å². The number of hydrazine groups is 1. The third kappa shape index (κ3) is 4.57. The van der Waals surface area contributed by atoms with E-state index in [4.69, 9.17) is 10.6 Å². The van der Waals surface area contributed by atoms with Crippen molar-refractivity contribution in [1.82, 2.24) is 14.9 Å². The van der Waals surface area contributed by atoms with Gasteiger partial charge in [-0.3, -0.25) is 10.1 Å². The third-order valence-corrected chi connectivity index (χ3v) is 2.60. The Balaban J connectivity index is 2.62. The van der Waals surface area contributed by atoms with Gasteiger partial charge in [0.05, 0.1) is 11.5 Å². The van der Waals surface area contributed by atoms with Crippen LogP contribution in [0.15, 0.2) is 6.33 Å². The second-order valence-electron chi connectivity index (χ2n) is 4.04. The van der Waals surface area contributed by atoms with Gasteiger partial charge in [-0.2, -0.15) is 0 Å². The van der Waals surface area contributed by atoms with Crippen LogP contribution >= 0.6 is 0 Å². The lowest BCUT2D eigenvalue weighted by atomic mass is 10.4. The first-order chi connectivity index (χ1) is 9.60. The topological polar surface area (TPSA) is 131 Å². The van der Waals surface area contributed by atoms with Crippen LogP contribution in [-0.4, -0.2) is 60.2 Å². The Morgan fingerprint density at radius 2 is 2.15 bits per heavy atom. The first kappa shape index (κ1) is 16.0. The quantitative estimate of drug-likeness (QED) is 0.316. The molecule has 1 heterocycles. The van der Waals surface area contributed by atoms with E-state index in [0.717, 1.165) is 6.54 Å². The molecule has 1 rings (SSSR count). The molecular weight excluding hydrogens is 266 g/mol. The summed E-state index contributed by atoms with van der Waals surface area (Å²) in [4.78, 5) is 20.0. The molecule has 0 fully saturated rings. The van der Waals surface area contributed by atoms with Crippen molar-refractivity contribution in [2.75, 3.05) is 51.1 Å². The summed E-state index contributed by atoms with van der Waals surface area (Å²) in [6.45, 7) is 2.60. The number of hydrogen-bond acceptors (Lipinski definition) is 9. The van der Waals surface area contributed by atoms with Crippen molar-refractivity contribution in [3.63, 3.8) is 0 Å². The van der Waals surface area contributed by atoms with E-state index in [9.17, 15) is 10.1 Å². The molecule has 4 N–H and O–H groups in total. The summed E-state index contributed by atoms with van der Waals surface area (Å²) in [7, 11) is 3.57. The average Bonchev–Trinajstić information content (AvgIpc) is 2.44. The van der Waals surface area contributed by atoms with Gasteiger partial charge in [0.25, 0.3) is 0 Å². The second kappa shape index (κ2) is 8.19. The number of nitro groups is 1. The number of anilines is 2. The molecule has 0 aromatic carbocycles. The summed E-state index contributed by atoms with van der Waals surface area (Å²) in [5, 5.41) is 13.9. The van der Waals surface area contributed by atoms with E-state index in [1.54, 1.807) is 7.11 Å². The van der Waals surface area contributed by atoms with E-state index in [0.29, 0.717) is 19.7 Å². The largest absolute Gasteiger partial charge is 0.383 e. The van der Waals surface area contributed by atoms with Crippen molar-refractivity contribution in [2.45, 2.75) is 0 Å². The highest BCUT2D eigenvalue weighted by Crippen LogP contribution is 2.27. The van der Waals surface area contributed by atoms with Crippen molar-refractivity contribution < 1.29 is 9.66 Å². The molecule has 20 heavy (non-hydrogen) atoms. The Hall–Kier alpha value is -2.04. The number of hydrogen-bond donors (Lipinski definition) is 3. The number of likely N-dealkylation sites (N-methyl/N-ethyl adjacent to an activating group) is 1. The molecule has 1 aromatic rings. The molecule has 0 atom stereocenters. The van der Waals surface area contributed by atoms with Gasteiger partial charge in [-0.1, -0.05) is 0 Å². The molecule has 0 amide bonds. The van der Waals surface area contributed by atoms with Gasteiger partial charge >= 0.3 is 5.69 Å². The number of methoxy groups -OCH3 is 1. The molecule has 0 bridgehead atoms. The zero-order valence-corrected chi connectivity index (χ0v) is 11.5. The lowest BCUT2D eigenvalue weighted by Gasteiger charge is -2.16. The van der Waals surface area contributed by atoms with Gasteiger partial charge in [0, 0.05) is 26.7 Å². The average molecular weight is 285 g/mol. The Morgan fingerprint density at radius 3 is 2.75 bits per heavy atom. The van der Waals surface area contributed by atoms with E-state index in [-0.39, 0.29) is 17.3 Å². The van der Waals surface area contributed by atoms with Gasteiger partial charge in [-0.05, 0) is 7.05 Å². The number of nitrogen functional groups attached to an aromatic ring is 1. The highest BCUT2D eigenvalue weighted by Gasteiger charge is 2.21. The zero-order valence-electron chi connectivity index (χ0n) is 11.5. The normalized spacial score (nSPS) is 10.6. The predicted molar refractivity (Wildman–Crippen MR) is 74.4 cm³/mol. The van der Waals surface area contributed by atoms with E-state index in [1.807, 2.05) is 11.9 Å². The summed E-state index contributed by atoms with van der Waals surface area (Å²) in [5.41, 5.74) is 1.92. The van der Waals surface area contributed by atoms with E-state index in [1.165, 1.54) is 6.33 Å². The first-order valence-corrected chi connectivity index (χ1v) is 5.97. The lowest BCUT2D eigenvalue weighted by molar-refractivity contribution is -0.383. The molecule has 10 nitrogen and oxygen atoms in total. The van der Waals surface area contributed by atoms with Gasteiger partial charge in [0.15, 0.2) is 0 Å². The number of rotatable bonds is 9. The lowest BCUT2D eigenvalue weighted by Crippen LogP contribution is -2.28. The molecule has 1 aromatic heterocycles. The summed E-state index contributed by atoms with van der Waals surface area (Å²) in [5.74, 6) is 5.30. The van der Waals surface area contributed by atoms with Crippen LogP contribution in [-0.2, 0) is 4.74 Å². The van der Waals surface area contributed by atoms with Crippen LogP contribution in [0.1, 0.15) is 0 Å². The molecule has 10 heteroatoms. The molecule has 0 aliphatic rings. The van der Waals surface area contributed by atoms with E-state index in [2.05, 4.69) is 20.7 Å². The van der Waals surface area contributed by atoms with Gasteiger partial charge < -0.3 is 20.4 Å². The highest BCUT2D eigenvalue weighted by atomic mass is 16.6. The maximum absolute atomic E-state index is 11.0. The Bertz CT molecular complexity index is 443. The predicted octanol–water partition coefficient (Wildman–Crippen LogP) is -0.339. The molecule has 0 aliphatic heterocycles. The molecule has 0 unspecified atom stereocenters. The third-order valence-electron chi connectivity index (χ3n) is 2.60. The van der Waals surface area contributed by atoms with Crippen LogP contribution in [0.4, 0.5) is 17.3 Å². The summed E-state index contributed by atoms with van der Waals surface area (Å²) < 4.78 is 4.96. The summed E-state index contributed by atoms with van der Waals surface area (Å²) >= 11 is 0. The van der Waals surface area contributed by atoms with E-state index >= 15 is 0 Å². The molecule has 0 aliphatic carbocycles. The highest BCUT2D eigenvalue weighted by molar-refractivity contribution is 5.68. The van der Waals surface area contributed by atoms with Crippen LogP contribution < -0.4 is 16.6 Å². The van der Waals surface area contributed by atoms with Crippen LogP contribution in [0.3, 0.4) is 0 Å². The van der Waals surface area contributed by atoms with Gasteiger partial charge in [-0.25, -0.2) is 15.8 Å². The van der Waals surface area contributed by atoms with Gasteiger partial charge in [-0.15, -0.1) is 0 Å². The minimum absolute atomic E-state index is 0.0276. The first-order valence-electron chi connectivity index (χ1n) is 5.97. The maximum Gasteiger partial charge on any atom is 0.354 e. The summed E-state index contributed by atoms with van der Waals surface area (Å²) in [6.07, 6.45) is 1.21. The van der Waals surface area contributed by atoms with Crippen molar-refractivity contribution >= 4 is 17.3 Å². The maximum atomic E-state index is 11.0. The van der Waals surface area contributed by atoms with Gasteiger partial charge in [0.2, 0.25) is 11.6 Å². The van der Waals surface area contributed by atoms with Crippen molar-refractivity contribution in [3.05, 3.63) is 16.4 Å². The van der Waals surface area contributed by atoms with Crippen molar-refractivity contribution in [1.29, 1.82) is 0 Å². The SMILES string of the molecule is COCCN(C)CCNc1ncnc(NN)c1[N+](=O)[O-]. The van der Waals surface area contributed by atoms with E-state index < -0.39 is 4.92 Å². The number of nitrogens with zero attached hydrogens (tertiary/aromatic N) is 4. The Kier molecular flexibility index (Phi) is 6.56. The molecule has 0 radical (unpaired) electrons. The molecule has 0 spiro atoms. The van der Waals surface area contributed by atoms with Crippen LogP contribution in [0.5, 0.6) is 0 Å². The molecule has 0 saturated carbocycles. The number of nitrogens with one attached hydrogen (secondary N) is 2. The Morgan fingerprint density at radius 1 is 1.45 bits per heavy atom. The monoisotopic (exact) mass is 285 g/mol. The summed E-state index contributed by atoms with van der Waals surface area (Å²) in [6, 6.07) is 0. The molecular formula is C10H19N7O3. The molecule has 112 valence electrons. The zero-order chi connectivity index (χ0) is 15.0. The minimum Gasteiger partial charge on any atom is -0.383 e. The fraction of sp³-hybridized carbons (Fsp3) is 0.600. The fourth-order valence-electron chi connectivity index (χ4n) is 1.51. The minimum atomic E-state index is -0.577. The van der Waals surface area contributed by atoms with Crippen molar-refractivity contribution in [3.8, 4) is 0 Å². The molecule has 0 saturated heterocycles. The smallest absolute Gasteiger partial charge is 0.354 e.